The van der Waals surface area contributed by atoms with Crippen molar-refractivity contribution in [2.24, 2.45) is 40.4 Å². The first-order chi connectivity index (χ1) is 21.5. The van der Waals surface area contributed by atoms with E-state index in [9.17, 15) is 4.79 Å². The molecule has 6 heteroatoms. The topological polar surface area (TPSA) is 54.0 Å². The highest BCUT2D eigenvalue weighted by molar-refractivity contribution is 6.74. The van der Waals surface area contributed by atoms with Gasteiger partial charge in [0.2, 0.25) is 0 Å². The van der Waals surface area contributed by atoms with E-state index in [1.54, 1.807) is 12.5 Å². The highest BCUT2D eigenvalue weighted by atomic mass is 28.4. The van der Waals surface area contributed by atoms with Crippen molar-refractivity contribution in [1.82, 2.24) is 0 Å². The van der Waals surface area contributed by atoms with Crippen LogP contribution in [0.2, 0.25) is 18.1 Å². The van der Waals surface area contributed by atoms with Crippen LogP contribution in [0.5, 0.6) is 0 Å². The number of ether oxygens (including phenoxy) is 3. The lowest BCUT2D eigenvalue weighted by Crippen LogP contribution is -2.51. The van der Waals surface area contributed by atoms with Gasteiger partial charge >= 0.3 is 5.97 Å². The fourth-order valence-electron chi connectivity index (χ4n) is 9.76. The standard InChI is InChI=1S/C40H66O5Si/c1-26(2)15-18-34(44-36-14-12-13-23-42-36)27(3)37-35(43-28(4)41)25-33-31-17-16-29-24-30(45-46(10,11)38(5,6)7)19-21-39(29,8)32(31)20-22-40(33,37)9/h16,18,26-27,30-33,36H,12-15,17,19-25H2,1-11H3/b34-18-/t27-,30+,31-,32+,33+,36?,39+,40+/m1/s1. The lowest BCUT2D eigenvalue weighted by atomic mass is 9.47. The predicted molar refractivity (Wildman–Crippen MR) is 189 cm³/mol. The molecule has 2 saturated carbocycles. The largest absolute Gasteiger partial charge is 0.469 e. The van der Waals surface area contributed by atoms with Crippen molar-refractivity contribution in [1.29, 1.82) is 0 Å². The first kappa shape index (κ1) is 35.9. The van der Waals surface area contributed by atoms with Crippen LogP contribution < -0.4 is 0 Å². The Labute approximate surface area is 282 Å². The van der Waals surface area contributed by atoms with Crippen LogP contribution in [-0.4, -0.2) is 33.3 Å². The molecular weight excluding hydrogens is 589 g/mol. The first-order valence-corrected chi connectivity index (χ1v) is 21.6. The molecule has 0 aromatic heterocycles. The van der Waals surface area contributed by atoms with Crippen molar-refractivity contribution in [2.45, 2.75) is 163 Å². The van der Waals surface area contributed by atoms with Gasteiger partial charge < -0.3 is 18.6 Å². The molecule has 1 saturated heterocycles. The van der Waals surface area contributed by atoms with E-state index in [1.807, 2.05) is 0 Å². The minimum atomic E-state index is -1.81. The summed E-state index contributed by atoms with van der Waals surface area (Å²) in [5.41, 5.74) is 3.18. The Morgan fingerprint density at radius 1 is 1.04 bits per heavy atom. The molecule has 5 nitrogen and oxygen atoms in total. The number of carbonyl (C=O) groups is 1. The molecule has 5 rings (SSSR count). The minimum absolute atomic E-state index is 0.0244. The third-order valence-electron chi connectivity index (χ3n) is 13.4. The molecule has 1 unspecified atom stereocenters. The van der Waals surface area contributed by atoms with Crippen LogP contribution in [0.25, 0.3) is 0 Å². The van der Waals surface area contributed by atoms with Crippen LogP contribution in [0.1, 0.15) is 133 Å². The van der Waals surface area contributed by atoms with Crippen molar-refractivity contribution in [2.75, 3.05) is 6.61 Å². The van der Waals surface area contributed by atoms with Crippen LogP contribution in [0.4, 0.5) is 0 Å². The van der Waals surface area contributed by atoms with Crippen LogP contribution in [0.3, 0.4) is 0 Å². The Kier molecular flexibility index (Phi) is 10.5. The minimum Gasteiger partial charge on any atom is -0.469 e. The van der Waals surface area contributed by atoms with Gasteiger partial charge in [-0.1, -0.05) is 67.0 Å². The molecular formula is C40H66O5Si. The third-order valence-corrected chi connectivity index (χ3v) is 17.9. The summed E-state index contributed by atoms with van der Waals surface area (Å²) in [5.74, 6) is 4.01. The first-order valence-electron chi connectivity index (χ1n) is 18.7. The van der Waals surface area contributed by atoms with Crippen molar-refractivity contribution in [3.05, 3.63) is 34.8 Å². The molecule has 0 amide bonds. The van der Waals surface area contributed by atoms with Gasteiger partial charge in [0.05, 0.1) is 6.61 Å². The van der Waals surface area contributed by atoms with Gasteiger partial charge in [0.25, 0.3) is 0 Å². The summed E-state index contributed by atoms with van der Waals surface area (Å²) in [6.45, 7) is 26.0. The van der Waals surface area contributed by atoms with E-state index in [2.05, 4.69) is 80.6 Å². The van der Waals surface area contributed by atoms with Gasteiger partial charge in [-0.05, 0) is 122 Å². The van der Waals surface area contributed by atoms with Crippen LogP contribution in [0.15, 0.2) is 34.8 Å². The summed E-state index contributed by atoms with van der Waals surface area (Å²) < 4.78 is 25.9. The maximum absolute atomic E-state index is 12.6. The van der Waals surface area contributed by atoms with E-state index in [-0.39, 0.29) is 34.0 Å². The molecule has 8 atom stereocenters. The average Bonchev–Trinajstić information content (AvgIpc) is 3.25. The SMILES string of the molecule is CC(=O)OC1=C([C@H](C)/C(=C/CC(C)C)OC2CCCCO2)[C@@]2(C)CC[C@H]3[C@@H](CC=C4C[C@@H](O[Si](C)(C)C(C)(C)C)CC[C@@]43C)[C@@H]2C1. The van der Waals surface area contributed by atoms with Gasteiger partial charge in [0, 0.05) is 31.8 Å². The number of allylic oxidation sites excluding steroid dienone is 4. The van der Waals surface area contributed by atoms with Crippen LogP contribution in [-0.2, 0) is 23.4 Å². The monoisotopic (exact) mass is 654 g/mol. The highest BCUT2D eigenvalue weighted by Gasteiger charge is 2.60. The molecule has 4 aliphatic carbocycles. The molecule has 1 heterocycles. The lowest BCUT2D eigenvalue weighted by molar-refractivity contribution is -0.143. The summed E-state index contributed by atoms with van der Waals surface area (Å²) in [7, 11) is -1.81. The zero-order valence-corrected chi connectivity index (χ0v) is 32.2. The predicted octanol–water partition coefficient (Wildman–Crippen LogP) is 10.9. The second-order valence-electron chi connectivity index (χ2n) is 18.0. The molecule has 260 valence electrons. The molecule has 0 aromatic rings. The van der Waals surface area contributed by atoms with E-state index in [0.29, 0.717) is 29.8 Å². The van der Waals surface area contributed by atoms with Crippen LogP contribution >= 0.6 is 0 Å². The molecule has 0 radical (unpaired) electrons. The van der Waals surface area contributed by atoms with Gasteiger partial charge in [-0.25, -0.2) is 0 Å². The molecule has 0 N–H and O–H groups in total. The van der Waals surface area contributed by atoms with Crippen molar-refractivity contribution in [3.8, 4) is 0 Å². The summed E-state index contributed by atoms with van der Waals surface area (Å²) in [6.07, 6.45) is 17.0. The van der Waals surface area contributed by atoms with E-state index in [1.165, 1.54) is 18.4 Å². The number of hydrogen-bond acceptors (Lipinski definition) is 5. The van der Waals surface area contributed by atoms with Crippen LogP contribution in [0, 0.1) is 40.4 Å². The summed E-state index contributed by atoms with van der Waals surface area (Å²) in [6, 6.07) is 0. The Balaban J connectivity index is 1.41. The molecule has 0 bridgehead atoms. The molecule has 0 spiro atoms. The zero-order valence-electron chi connectivity index (χ0n) is 31.2. The number of fused-ring (bicyclic) bond motifs is 5. The van der Waals surface area contributed by atoms with Crippen molar-refractivity contribution < 1.29 is 23.4 Å². The molecule has 5 aliphatic rings. The summed E-state index contributed by atoms with van der Waals surface area (Å²) in [5, 5.41) is 0.232. The van der Waals surface area contributed by atoms with E-state index >= 15 is 0 Å². The van der Waals surface area contributed by atoms with Crippen molar-refractivity contribution in [3.63, 3.8) is 0 Å². The molecule has 46 heavy (non-hydrogen) atoms. The Morgan fingerprint density at radius 2 is 1.76 bits per heavy atom. The number of hydrogen-bond donors (Lipinski definition) is 0. The van der Waals surface area contributed by atoms with E-state index < -0.39 is 8.32 Å². The van der Waals surface area contributed by atoms with E-state index in [0.717, 1.165) is 75.9 Å². The van der Waals surface area contributed by atoms with E-state index in [4.69, 9.17) is 18.6 Å². The fraction of sp³-hybridized carbons (Fsp3) is 0.825. The highest BCUT2D eigenvalue weighted by Crippen LogP contribution is 2.67. The summed E-state index contributed by atoms with van der Waals surface area (Å²) in [4.78, 5) is 12.6. The molecule has 0 aromatic carbocycles. The third kappa shape index (κ3) is 7.01. The maximum Gasteiger partial charge on any atom is 0.307 e. The van der Waals surface area contributed by atoms with Gasteiger partial charge in [0.1, 0.15) is 11.5 Å². The summed E-state index contributed by atoms with van der Waals surface area (Å²) >= 11 is 0. The van der Waals surface area contributed by atoms with Gasteiger partial charge in [-0.2, -0.15) is 0 Å². The fourth-order valence-corrected chi connectivity index (χ4v) is 11.2. The quantitative estimate of drug-likeness (QED) is 0.107. The van der Waals surface area contributed by atoms with Crippen molar-refractivity contribution >= 4 is 14.3 Å². The Morgan fingerprint density at radius 3 is 2.39 bits per heavy atom. The Hall–Kier alpha value is -1.37. The smallest absolute Gasteiger partial charge is 0.307 e. The van der Waals surface area contributed by atoms with Gasteiger partial charge in [-0.15, -0.1) is 0 Å². The lowest BCUT2D eigenvalue weighted by Gasteiger charge is -2.58. The molecule has 1 aliphatic heterocycles. The number of rotatable bonds is 9. The molecule has 3 fully saturated rings. The second kappa shape index (κ2) is 13.5. The maximum atomic E-state index is 12.6. The average molecular weight is 655 g/mol. The van der Waals surface area contributed by atoms with Gasteiger partial charge in [0.15, 0.2) is 14.6 Å². The number of esters is 1. The Bertz CT molecular complexity index is 1220. The zero-order chi connectivity index (χ0) is 33.7. The normalized spacial score (nSPS) is 36.0. The number of carbonyl (C=O) groups excluding carboxylic acids is 1. The second-order valence-corrected chi connectivity index (χ2v) is 22.7. The van der Waals surface area contributed by atoms with Gasteiger partial charge in [-0.3, -0.25) is 4.79 Å².